The summed E-state index contributed by atoms with van der Waals surface area (Å²) >= 11 is 0. The fourth-order valence-electron chi connectivity index (χ4n) is 1.94. The van der Waals surface area contributed by atoms with Crippen LogP contribution in [0.1, 0.15) is 31.1 Å². The zero-order valence-corrected chi connectivity index (χ0v) is 11.6. The van der Waals surface area contributed by atoms with Crippen molar-refractivity contribution in [2.24, 2.45) is 11.7 Å². The lowest BCUT2D eigenvalue weighted by atomic mass is 10.1. The summed E-state index contributed by atoms with van der Waals surface area (Å²) in [6.45, 7) is 6.38. The molecular weight excluding hydrogens is 242 g/mol. The van der Waals surface area contributed by atoms with E-state index in [-0.39, 0.29) is 12.3 Å². The molecule has 1 amide bonds. The van der Waals surface area contributed by atoms with E-state index in [0.29, 0.717) is 23.7 Å². The minimum Gasteiger partial charge on any atom is -0.398 e. The van der Waals surface area contributed by atoms with Crippen LogP contribution in [0.2, 0.25) is 0 Å². The van der Waals surface area contributed by atoms with E-state index in [0.717, 1.165) is 5.69 Å². The maximum atomic E-state index is 11.5. The molecule has 0 saturated carbocycles. The standard InChI is InChI=1S/C14H21N3O2/c1-9(2)7-17(8-14(16)19)11-4-5-13(15)12(6-11)10(3)18/h4-6,9H,7-8,15H2,1-3H3,(H2,16,19). The molecule has 0 spiro atoms. The first kappa shape index (κ1) is 15.0. The molecule has 1 aromatic carbocycles. The lowest BCUT2D eigenvalue weighted by molar-refractivity contribution is -0.116. The summed E-state index contributed by atoms with van der Waals surface area (Å²) in [5.41, 5.74) is 12.7. The zero-order chi connectivity index (χ0) is 14.6. The molecule has 0 aliphatic rings. The van der Waals surface area contributed by atoms with Crippen molar-refractivity contribution in [3.05, 3.63) is 23.8 Å². The molecule has 1 aromatic rings. The van der Waals surface area contributed by atoms with Crippen molar-refractivity contribution in [2.45, 2.75) is 20.8 Å². The van der Waals surface area contributed by atoms with E-state index in [1.807, 2.05) is 4.90 Å². The summed E-state index contributed by atoms with van der Waals surface area (Å²) in [6.07, 6.45) is 0. The Labute approximate surface area is 113 Å². The third-order valence-corrected chi connectivity index (χ3v) is 2.71. The zero-order valence-electron chi connectivity index (χ0n) is 11.6. The van der Waals surface area contributed by atoms with Crippen LogP contribution in [0.4, 0.5) is 11.4 Å². The van der Waals surface area contributed by atoms with Gasteiger partial charge in [-0.05, 0) is 31.0 Å². The normalized spacial score (nSPS) is 10.5. The lowest BCUT2D eigenvalue weighted by Crippen LogP contribution is -2.36. The lowest BCUT2D eigenvalue weighted by Gasteiger charge is -2.26. The fourth-order valence-corrected chi connectivity index (χ4v) is 1.94. The first-order chi connectivity index (χ1) is 8.81. The van der Waals surface area contributed by atoms with Crippen molar-refractivity contribution in [1.82, 2.24) is 0 Å². The number of primary amides is 1. The number of nitrogens with zero attached hydrogens (tertiary/aromatic N) is 1. The molecule has 1 rings (SSSR count). The van der Waals surface area contributed by atoms with Crippen molar-refractivity contribution in [3.8, 4) is 0 Å². The predicted molar refractivity (Wildman–Crippen MR) is 77.1 cm³/mol. The van der Waals surface area contributed by atoms with Crippen molar-refractivity contribution in [1.29, 1.82) is 0 Å². The largest absolute Gasteiger partial charge is 0.398 e. The number of nitrogens with two attached hydrogens (primary N) is 2. The Balaban J connectivity index is 3.11. The van der Waals surface area contributed by atoms with Gasteiger partial charge < -0.3 is 16.4 Å². The van der Waals surface area contributed by atoms with E-state index in [2.05, 4.69) is 13.8 Å². The molecule has 0 atom stereocenters. The summed E-state index contributed by atoms with van der Waals surface area (Å²) in [5.74, 6) is -0.123. The molecule has 0 heterocycles. The van der Waals surface area contributed by atoms with Crippen molar-refractivity contribution in [2.75, 3.05) is 23.7 Å². The van der Waals surface area contributed by atoms with Crippen LogP contribution in [-0.4, -0.2) is 24.8 Å². The maximum absolute atomic E-state index is 11.5. The second-order valence-electron chi connectivity index (χ2n) is 5.07. The van der Waals surface area contributed by atoms with Crippen LogP contribution in [0, 0.1) is 5.92 Å². The minimum absolute atomic E-state index is 0.0945. The SMILES string of the molecule is CC(=O)c1cc(N(CC(N)=O)CC(C)C)ccc1N. The Hall–Kier alpha value is -2.04. The van der Waals surface area contributed by atoms with Crippen LogP contribution in [0.3, 0.4) is 0 Å². The van der Waals surface area contributed by atoms with E-state index in [1.54, 1.807) is 18.2 Å². The second kappa shape index (κ2) is 6.22. The Morgan fingerprint density at radius 1 is 1.32 bits per heavy atom. The smallest absolute Gasteiger partial charge is 0.236 e. The van der Waals surface area contributed by atoms with Gasteiger partial charge in [0.25, 0.3) is 0 Å². The number of benzene rings is 1. The van der Waals surface area contributed by atoms with Crippen molar-refractivity contribution < 1.29 is 9.59 Å². The third-order valence-electron chi connectivity index (χ3n) is 2.71. The van der Waals surface area contributed by atoms with E-state index < -0.39 is 5.91 Å². The Bertz CT molecular complexity index is 484. The molecule has 0 unspecified atom stereocenters. The van der Waals surface area contributed by atoms with Crippen LogP contribution >= 0.6 is 0 Å². The highest BCUT2D eigenvalue weighted by Gasteiger charge is 2.14. The molecule has 104 valence electrons. The number of carbonyl (C=O) groups is 2. The molecule has 0 aliphatic carbocycles. The first-order valence-electron chi connectivity index (χ1n) is 6.25. The van der Waals surface area contributed by atoms with Crippen LogP contribution in [-0.2, 0) is 4.79 Å². The average Bonchev–Trinajstić information content (AvgIpc) is 2.27. The summed E-state index contributed by atoms with van der Waals surface area (Å²) in [6, 6.07) is 5.19. The van der Waals surface area contributed by atoms with E-state index >= 15 is 0 Å². The molecule has 4 N–H and O–H groups in total. The van der Waals surface area contributed by atoms with Crippen LogP contribution in [0.15, 0.2) is 18.2 Å². The number of Topliss-reactive ketones (excluding diaryl/α,β-unsaturated/α-hetero) is 1. The van der Waals surface area contributed by atoms with Crippen LogP contribution in [0.5, 0.6) is 0 Å². The molecule has 5 nitrogen and oxygen atoms in total. The Morgan fingerprint density at radius 3 is 2.42 bits per heavy atom. The maximum Gasteiger partial charge on any atom is 0.236 e. The fraction of sp³-hybridized carbons (Fsp3) is 0.429. The van der Waals surface area contributed by atoms with Gasteiger partial charge in [0.1, 0.15) is 0 Å². The number of hydrogen-bond acceptors (Lipinski definition) is 4. The quantitative estimate of drug-likeness (QED) is 0.600. The first-order valence-corrected chi connectivity index (χ1v) is 6.25. The number of ketones is 1. The summed E-state index contributed by atoms with van der Waals surface area (Å²) < 4.78 is 0. The molecule has 0 saturated heterocycles. The molecule has 0 aliphatic heterocycles. The van der Waals surface area contributed by atoms with Gasteiger partial charge in [0.05, 0.1) is 6.54 Å². The molecule has 0 aromatic heterocycles. The predicted octanol–water partition coefficient (Wildman–Crippen LogP) is 1.42. The minimum atomic E-state index is -0.401. The number of anilines is 2. The number of rotatable bonds is 6. The molecule has 0 radical (unpaired) electrons. The van der Waals surface area contributed by atoms with Gasteiger partial charge in [-0.15, -0.1) is 0 Å². The van der Waals surface area contributed by atoms with Gasteiger partial charge in [-0.2, -0.15) is 0 Å². The number of carbonyl (C=O) groups excluding carboxylic acids is 2. The van der Waals surface area contributed by atoms with Gasteiger partial charge in [0.2, 0.25) is 5.91 Å². The van der Waals surface area contributed by atoms with Gasteiger partial charge in [0.15, 0.2) is 5.78 Å². The van der Waals surface area contributed by atoms with E-state index in [4.69, 9.17) is 11.5 Å². The molecular formula is C14H21N3O2. The van der Waals surface area contributed by atoms with Crippen molar-refractivity contribution in [3.63, 3.8) is 0 Å². The molecule has 5 heteroatoms. The highest BCUT2D eigenvalue weighted by molar-refractivity contribution is 6.00. The second-order valence-corrected chi connectivity index (χ2v) is 5.07. The monoisotopic (exact) mass is 263 g/mol. The summed E-state index contributed by atoms with van der Waals surface area (Å²) in [5, 5.41) is 0. The van der Waals surface area contributed by atoms with Gasteiger partial charge in [0, 0.05) is 23.5 Å². The molecule has 19 heavy (non-hydrogen) atoms. The highest BCUT2D eigenvalue weighted by atomic mass is 16.1. The van der Waals surface area contributed by atoms with E-state index in [1.165, 1.54) is 6.92 Å². The average molecular weight is 263 g/mol. The Morgan fingerprint density at radius 2 is 1.95 bits per heavy atom. The van der Waals surface area contributed by atoms with Gasteiger partial charge >= 0.3 is 0 Å². The van der Waals surface area contributed by atoms with Crippen LogP contribution in [0.25, 0.3) is 0 Å². The van der Waals surface area contributed by atoms with Gasteiger partial charge in [-0.1, -0.05) is 13.8 Å². The third kappa shape index (κ3) is 4.28. The van der Waals surface area contributed by atoms with Gasteiger partial charge in [-0.3, -0.25) is 9.59 Å². The topological polar surface area (TPSA) is 89.4 Å². The van der Waals surface area contributed by atoms with Gasteiger partial charge in [-0.25, -0.2) is 0 Å². The number of hydrogen-bond donors (Lipinski definition) is 2. The molecule has 0 bridgehead atoms. The van der Waals surface area contributed by atoms with Crippen molar-refractivity contribution >= 4 is 23.1 Å². The number of amides is 1. The Kier molecular flexibility index (Phi) is 4.92. The summed E-state index contributed by atoms with van der Waals surface area (Å²) in [7, 11) is 0. The van der Waals surface area contributed by atoms with Crippen LogP contribution < -0.4 is 16.4 Å². The molecule has 0 fully saturated rings. The number of nitrogen functional groups attached to an aromatic ring is 1. The van der Waals surface area contributed by atoms with E-state index in [9.17, 15) is 9.59 Å². The summed E-state index contributed by atoms with van der Waals surface area (Å²) in [4.78, 5) is 24.5. The highest BCUT2D eigenvalue weighted by Crippen LogP contribution is 2.22.